The van der Waals surface area contributed by atoms with E-state index in [-0.39, 0.29) is 5.91 Å². The Hall–Kier alpha value is -0.610. The SMILES string of the molecule is CCN(CCCCC(C)(NC)C(N)=O)C1CC1. The van der Waals surface area contributed by atoms with Gasteiger partial charge in [0, 0.05) is 6.04 Å². The van der Waals surface area contributed by atoms with Crippen LogP contribution in [0.2, 0.25) is 0 Å². The zero-order valence-corrected chi connectivity index (χ0v) is 11.5. The van der Waals surface area contributed by atoms with Crippen molar-refractivity contribution in [2.24, 2.45) is 5.73 Å². The number of carbonyl (C=O) groups is 1. The molecule has 1 fully saturated rings. The molecule has 3 N–H and O–H groups in total. The minimum Gasteiger partial charge on any atom is -0.368 e. The lowest BCUT2D eigenvalue weighted by atomic mass is 9.94. The summed E-state index contributed by atoms with van der Waals surface area (Å²) in [4.78, 5) is 13.8. The molecule has 1 amide bonds. The Bertz CT molecular complexity index is 253. The van der Waals surface area contributed by atoms with E-state index in [9.17, 15) is 4.79 Å². The van der Waals surface area contributed by atoms with Gasteiger partial charge in [-0.3, -0.25) is 4.79 Å². The molecule has 1 aliphatic carbocycles. The van der Waals surface area contributed by atoms with Gasteiger partial charge in [-0.2, -0.15) is 0 Å². The second-order valence-electron chi connectivity index (χ2n) is 5.26. The van der Waals surface area contributed by atoms with Crippen LogP contribution < -0.4 is 11.1 Å². The third-order valence-electron chi connectivity index (χ3n) is 3.94. The summed E-state index contributed by atoms with van der Waals surface area (Å²) in [6.07, 6.45) is 5.74. The highest BCUT2D eigenvalue weighted by molar-refractivity contribution is 5.84. The summed E-state index contributed by atoms with van der Waals surface area (Å²) in [6, 6.07) is 0.840. The van der Waals surface area contributed by atoms with Crippen LogP contribution >= 0.6 is 0 Å². The van der Waals surface area contributed by atoms with Gasteiger partial charge in [-0.25, -0.2) is 0 Å². The number of primary amides is 1. The van der Waals surface area contributed by atoms with Gasteiger partial charge in [0.05, 0.1) is 5.54 Å². The molecular weight excluding hydrogens is 214 g/mol. The number of nitrogens with one attached hydrogen (secondary N) is 1. The maximum Gasteiger partial charge on any atom is 0.237 e. The minimum absolute atomic E-state index is 0.255. The zero-order chi connectivity index (χ0) is 12.9. The molecule has 0 saturated heterocycles. The lowest BCUT2D eigenvalue weighted by molar-refractivity contribution is -0.123. The number of likely N-dealkylation sites (N-methyl/N-ethyl adjacent to an activating group) is 1. The summed E-state index contributed by atoms with van der Waals surface area (Å²) in [6.45, 7) is 6.40. The smallest absolute Gasteiger partial charge is 0.237 e. The zero-order valence-electron chi connectivity index (χ0n) is 11.5. The van der Waals surface area contributed by atoms with Crippen molar-refractivity contribution < 1.29 is 4.79 Å². The molecule has 100 valence electrons. The van der Waals surface area contributed by atoms with Crippen molar-refractivity contribution in [3.63, 3.8) is 0 Å². The van der Waals surface area contributed by atoms with Crippen LogP contribution in [0, 0.1) is 0 Å². The van der Waals surface area contributed by atoms with E-state index >= 15 is 0 Å². The van der Waals surface area contributed by atoms with Crippen molar-refractivity contribution in [2.45, 2.75) is 57.5 Å². The molecule has 4 nitrogen and oxygen atoms in total. The normalized spacial score (nSPS) is 19.3. The van der Waals surface area contributed by atoms with Crippen LogP contribution in [-0.2, 0) is 4.79 Å². The molecule has 0 radical (unpaired) electrons. The van der Waals surface area contributed by atoms with Crippen molar-refractivity contribution in [1.29, 1.82) is 0 Å². The molecule has 1 atom stereocenters. The highest BCUT2D eigenvalue weighted by Gasteiger charge is 2.29. The molecule has 1 saturated carbocycles. The third kappa shape index (κ3) is 4.28. The monoisotopic (exact) mass is 241 g/mol. The molecule has 0 bridgehead atoms. The van der Waals surface area contributed by atoms with Crippen LogP contribution in [0.3, 0.4) is 0 Å². The summed E-state index contributed by atoms with van der Waals surface area (Å²) in [5.41, 5.74) is 4.85. The van der Waals surface area contributed by atoms with Gasteiger partial charge in [0.25, 0.3) is 0 Å². The highest BCUT2D eigenvalue weighted by atomic mass is 16.1. The maximum atomic E-state index is 11.3. The average Bonchev–Trinajstić information content (AvgIpc) is 3.12. The van der Waals surface area contributed by atoms with Gasteiger partial charge in [-0.1, -0.05) is 6.92 Å². The van der Waals surface area contributed by atoms with E-state index in [0.29, 0.717) is 0 Å². The second-order valence-corrected chi connectivity index (χ2v) is 5.26. The van der Waals surface area contributed by atoms with Gasteiger partial charge in [0.15, 0.2) is 0 Å². The lowest BCUT2D eigenvalue weighted by Gasteiger charge is -2.26. The van der Waals surface area contributed by atoms with Crippen molar-refractivity contribution in [3.05, 3.63) is 0 Å². The summed E-state index contributed by atoms with van der Waals surface area (Å²) >= 11 is 0. The van der Waals surface area contributed by atoms with Gasteiger partial charge in [0.1, 0.15) is 0 Å². The van der Waals surface area contributed by atoms with E-state index in [4.69, 9.17) is 5.73 Å². The van der Waals surface area contributed by atoms with Crippen molar-refractivity contribution >= 4 is 5.91 Å². The summed E-state index contributed by atoms with van der Waals surface area (Å²) < 4.78 is 0. The van der Waals surface area contributed by atoms with Crippen molar-refractivity contribution in [1.82, 2.24) is 10.2 Å². The Kier molecular flexibility index (Phi) is 5.40. The Balaban J connectivity index is 2.20. The third-order valence-corrected chi connectivity index (χ3v) is 3.94. The molecule has 0 heterocycles. The number of amides is 1. The Labute approximate surface area is 105 Å². The first-order chi connectivity index (χ1) is 8.03. The van der Waals surface area contributed by atoms with Gasteiger partial charge < -0.3 is 16.0 Å². The van der Waals surface area contributed by atoms with E-state index < -0.39 is 5.54 Å². The van der Waals surface area contributed by atoms with E-state index in [1.807, 2.05) is 6.92 Å². The molecule has 1 unspecified atom stereocenters. The van der Waals surface area contributed by atoms with Gasteiger partial charge >= 0.3 is 0 Å². The Morgan fingerprint density at radius 1 is 1.47 bits per heavy atom. The predicted octanol–water partition coefficient (Wildman–Crippen LogP) is 1.10. The van der Waals surface area contributed by atoms with E-state index in [1.165, 1.54) is 12.8 Å². The Morgan fingerprint density at radius 3 is 2.53 bits per heavy atom. The molecule has 1 aliphatic rings. The number of rotatable bonds is 9. The topological polar surface area (TPSA) is 58.4 Å². The van der Waals surface area contributed by atoms with Gasteiger partial charge in [-0.05, 0) is 59.2 Å². The second kappa shape index (κ2) is 6.36. The largest absolute Gasteiger partial charge is 0.368 e. The van der Waals surface area contributed by atoms with Crippen molar-refractivity contribution in [2.75, 3.05) is 20.1 Å². The van der Waals surface area contributed by atoms with Gasteiger partial charge in [-0.15, -0.1) is 0 Å². The predicted molar refractivity (Wildman–Crippen MR) is 70.8 cm³/mol. The number of hydrogen-bond donors (Lipinski definition) is 2. The first-order valence-electron chi connectivity index (χ1n) is 6.76. The quantitative estimate of drug-likeness (QED) is 0.594. The number of nitrogens with two attached hydrogens (primary N) is 1. The number of hydrogen-bond acceptors (Lipinski definition) is 3. The lowest BCUT2D eigenvalue weighted by Crippen LogP contribution is -2.51. The fourth-order valence-electron chi connectivity index (χ4n) is 2.20. The molecule has 1 rings (SSSR count). The molecule has 0 aromatic rings. The number of carbonyl (C=O) groups excluding carboxylic acids is 1. The van der Waals surface area contributed by atoms with Crippen LogP contribution in [0.15, 0.2) is 0 Å². The van der Waals surface area contributed by atoms with Gasteiger partial charge in [0.2, 0.25) is 5.91 Å². The molecule has 0 aromatic heterocycles. The summed E-state index contributed by atoms with van der Waals surface area (Å²) in [5.74, 6) is -0.255. The molecule has 0 spiro atoms. The summed E-state index contributed by atoms with van der Waals surface area (Å²) in [7, 11) is 1.80. The van der Waals surface area contributed by atoms with Crippen LogP contribution in [0.5, 0.6) is 0 Å². The molecule has 0 aliphatic heterocycles. The molecule has 4 heteroatoms. The fourth-order valence-corrected chi connectivity index (χ4v) is 2.20. The molecular formula is C13H27N3O. The van der Waals surface area contributed by atoms with Crippen LogP contribution in [0.25, 0.3) is 0 Å². The standard InChI is InChI=1S/C13H27N3O/c1-4-16(11-7-8-11)10-6-5-9-13(2,15-3)12(14)17/h11,15H,4-10H2,1-3H3,(H2,14,17). The average molecular weight is 241 g/mol. The van der Waals surface area contributed by atoms with E-state index in [1.54, 1.807) is 7.05 Å². The molecule has 0 aromatic carbocycles. The minimum atomic E-state index is -0.545. The first kappa shape index (κ1) is 14.5. The van der Waals surface area contributed by atoms with Crippen molar-refractivity contribution in [3.8, 4) is 0 Å². The van der Waals surface area contributed by atoms with E-state index in [2.05, 4.69) is 17.1 Å². The number of nitrogens with zero attached hydrogens (tertiary/aromatic N) is 1. The maximum absolute atomic E-state index is 11.3. The van der Waals surface area contributed by atoms with Crippen LogP contribution in [-0.4, -0.2) is 42.5 Å². The van der Waals surface area contributed by atoms with Crippen LogP contribution in [0.1, 0.15) is 46.0 Å². The highest BCUT2D eigenvalue weighted by Crippen LogP contribution is 2.26. The van der Waals surface area contributed by atoms with E-state index in [0.717, 1.165) is 38.4 Å². The molecule has 17 heavy (non-hydrogen) atoms. The fraction of sp³-hybridized carbons (Fsp3) is 0.923. The summed E-state index contributed by atoms with van der Waals surface area (Å²) in [5, 5.41) is 3.03. The first-order valence-corrected chi connectivity index (χ1v) is 6.76. The Morgan fingerprint density at radius 2 is 2.12 bits per heavy atom. The van der Waals surface area contributed by atoms with Crippen LogP contribution in [0.4, 0.5) is 0 Å². The number of unbranched alkanes of at least 4 members (excludes halogenated alkanes) is 1.